The monoisotopic (exact) mass is 279 g/mol. The van der Waals surface area contributed by atoms with Crippen molar-refractivity contribution in [3.05, 3.63) is 23.9 Å². The molecule has 0 spiro atoms. The summed E-state index contributed by atoms with van der Waals surface area (Å²) in [7, 11) is 1.69. The van der Waals surface area contributed by atoms with E-state index in [0.29, 0.717) is 18.7 Å². The van der Waals surface area contributed by atoms with Crippen LogP contribution in [0.2, 0.25) is 0 Å². The Morgan fingerprint density at radius 3 is 2.85 bits per heavy atom. The van der Waals surface area contributed by atoms with E-state index < -0.39 is 0 Å². The minimum absolute atomic E-state index is 0.0171. The maximum Gasteiger partial charge on any atom is 0.251 e. The fourth-order valence-corrected chi connectivity index (χ4v) is 1.74. The minimum Gasteiger partial charge on any atom is -0.385 e. The van der Waals surface area contributed by atoms with Crippen molar-refractivity contribution in [2.45, 2.75) is 27.2 Å². The third kappa shape index (κ3) is 5.57. The van der Waals surface area contributed by atoms with Crippen LogP contribution in [-0.4, -0.2) is 37.7 Å². The molecule has 0 bridgehead atoms. The molecule has 112 valence electrons. The average Bonchev–Trinajstić information content (AvgIpc) is 2.43. The highest BCUT2D eigenvalue weighted by Gasteiger charge is 2.19. The smallest absolute Gasteiger partial charge is 0.251 e. The van der Waals surface area contributed by atoms with E-state index in [1.807, 2.05) is 6.92 Å². The number of rotatable bonds is 8. The van der Waals surface area contributed by atoms with Crippen LogP contribution in [0.25, 0.3) is 0 Å². The van der Waals surface area contributed by atoms with Crippen LogP contribution in [0.1, 0.15) is 37.6 Å². The average molecular weight is 279 g/mol. The Kier molecular flexibility index (Phi) is 6.45. The molecule has 0 saturated carbocycles. The highest BCUT2D eigenvalue weighted by molar-refractivity contribution is 5.94. The van der Waals surface area contributed by atoms with Crippen molar-refractivity contribution in [2.24, 2.45) is 5.41 Å². The fraction of sp³-hybridized carbons (Fsp3) is 0.600. The van der Waals surface area contributed by atoms with Gasteiger partial charge in [-0.2, -0.15) is 0 Å². The summed E-state index contributed by atoms with van der Waals surface area (Å²) in [5.74, 6) is 0.649. The van der Waals surface area contributed by atoms with Crippen molar-refractivity contribution in [2.75, 3.05) is 32.1 Å². The molecule has 0 aliphatic rings. The third-order valence-corrected chi connectivity index (χ3v) is 3.09. The topological polar surface area (TPSA) is 63.2 Å². The zero-order valence-electron chi connectivity index (χ0n) is 12.8. The Labute approximate surface area is 121 Å². The Balaban J connectivity index is 2.56. The molecule has 1 aromatic rings. The molecule has 0 aliphatic carbocycles. The first-order valence-electron chi connectivity index (χ1n) is 6.95. The van der Waals surface area contributed by atoms with E-state index >= 15 is 0 Å². The van der Waals surface area contributed by atoms with Gasteiger partial charge in [0, 0.05) is 38.6 Å². The first-order chi connectivity index (χ1) is 9.48. The number of methoxy groups -OCH3 is 1. The maximum absolute atomic E-state index is 12.1. The van der Waals surface area contributed by atoms with Crippen molar-refractivity contribution in [1.29, 1.82) is 0 Å². The number of aromatic nitrogens is 1. The van der Waals surface area contributed by atoms with Crippen LogP contribution in [0.15, 0.2) is 18.3 Å². The first kappa shape index (κ1) is 16.4. The molecule has 5 heteroatoms. The molecule has 20 heavy (non-hydrogen) atoms. The summed E-state index contributed by atoms with van der Waals surface area (Å²) < 4.78 is 5.08. The van der Waals surface area contributed by atoms with Gasteiger partial charge in [0.2, 0.25) is 0 Å². The van der Waals surface area contributed by atoms with Gasteiger partial charge >= 0.3 is 0 Å². The van der Waals surface area contributed by atoms with E-state index in [1.165, 1.54) is 0 Å². The summed E-state index contributed by atoms with van der Waals surface area (Å²) in [6.07, 6.45) is 2.55. The number of pyridine rings is 1. The van der Waals surface area contributed by atoms with Crippen molar-refractivity contribution in [3.8, 4) is 0 Å². The largest absolute Gasteiger partial charge is 0.385 e. The predicted octanol–water partition coefficient (Wildman–Crippen LogP) is 2.31. The Bertz CT molecular complexity index is 433. The number of carbonyl (C=O) groups excluding carboxylic acids is 1. The summed E-state index contributed by atoms with van der Waals surface area (Å²) in [6.45, 7) is 8.32. The molecule has 0 atom stereocenters. The highest BCUT2D eigenvalue weighted by atomic mass is 16.5. The maximum atomic E-state index is 12.1. The first-order valence-corrected chi connectivity index (χ1v) is 6.95. The van der Waals surface area contributed by atoms with Gasteiger partial charge in [-0.3, -0.25) is 4.79 Å². The molecule has 2 N–H and O–H groups in total. The van der Waals surface area contributed by atoms with Gasteiger partial charge in [-0.05, 0) is 30.9 Å². The molecule has 1 aromatic heterocycles. The van der Waals surface area contributed by atoms with Crippen LogP contribution in [0.4, 0.5) is 5.82 Å². The molecule has 0 radical (unpaired) electrons. The van der Waals surface area contributed by atoms with Gasteiger partial charge in [0.25, 0.3) is 5.91 Å². The second-order valence-electron chi connectivity index (χ2n) is 5.55. The second-order valence-corrected chi connectivity index (χ2v) is 5.55. The molecule has 5 nitrogen and oxygen atoms in total. The second kappa shape index (κ2) is 7.85. The molecular formula is C15H25N3O2. The minimum atomic E-state index is -0.0722. The van der Waals surface area contributed by atoms with E-state index in [1.54, 1.807) is 25.4 Å². The quantitative estimate of drug-likeness (QED) is 0.766. The number of ether oxygens (including phenoxy) is 1. The Hall–Kier alpha value is -1.62. The SMILES string of the molecule is CCNc1cc(C(=O)NCC(C)(C)CCOC)ccn1. The lowest BCUT2D eigenvalue weighted by Gasteiger charge is -2.24. The Morgan fingerprint density at radius 2 is 2.20 bits per heavy atom. The zero-order chi connectivity index (χ0) is 15.0. The number of carbonyl (C=O) groups is 1. The van der Waals surface area contributed by atoms with Gasteiger partial charge < -0.3 is 15.4 Å². The van der Waals surface area contributed by atoms with Crippen LogP contribution in [0.5, 0.6) is 0 Å². The van der Waals surface area contributed by atoms with Gasteiger partial charge in [0.15, 0.2) is 0 Å². The molecule has 0 fully saturated rings. The number of amides is 1. The lowest BCUT2D eigenvalue weighted by molar-refractivity contribution is 0.0921. The number of anilines is 1. The van der Waals surface area contributed by atoms with Crippen LogP contribution in [-0.2, 0) is 4.74 Å². The fourth-order valence-electron chi connectivity index (χ4n) is 1.74. The van der Waals surface area contributed by atoms with E-state index in [-0.39, 0.29) is 11.3 Å². The van der Waals surface area contributed by atoms with E-state index in [4.69, 9.17) is 4.74 Å². The van der Waals surface area contributed by atoms with Gasteiger partial charge in [-0.1, -0.05) is 13.8 Å². The normalized spacial score (nSPS) is 11.2. The predicted molar refractivity (Wildman–Crippen MR) is 81.0 cm³/mol. The summed E-state index contributed by atoms with van der Waals surface area (Å²) in [4.78, 5) is 16.3. The molecule has 0 aliphatic heterocycles. The molecule has 0 saturated heterocycles. The van der Waals surface area contributed by atoms with Crippen molar-refractivity contribution in [1.82, 2.24) is 10.3 Å². The van der Waals surface area contributed by atoms with Crippen LogP contribution < -0.4 is 10.6 Å². The van der Waals surface area contributed by atoms with E-state index in [2.05, 4.69) is 29.5 Å². The molecular weight excluding hydrogens is 254 g/mol. The standard InChI is InChI=1S/C15H25N3O2/c1-5-16-13-10-12(6-8-17-13)14(19)18-11-15(2,3)7-9-20-4/h6,8,10H,5,7,9,11H2,1-4H3,(H,16,17)(H,18,19). The number of hydrogen-bond donors (Lipinski definition) is 2. The highest BCUT2D eigenvalue weighted by Crippen LogP contribution is 2.19. The van der Waals surface area contributed by atoms with Crippen molar-refractivity contribution >= 4 is 11.7 Å². The van der Waals surface area contributed by atoms with Crippen LogP contribution in [0, 0.1) is 5.41 Å². The van der Waals surface area contributed by atoms with Crippen LogP contribution >= 0.6 is 0 Å². The van der Waals surface area contributed by atoms with Crippen LogP contribution in [0.3, 0.4) is 0 Å². The molecule has 1 rings (SSSR count). The summed E-state index contributed by atoms with van der Waals surface area (Å²) in [6, 6.07) is 3.49. The number of nitrogens with zero attached hydrogens (tertiary/aromatic N) is 1. The number of nitrogens with one attached hydrogen (secondary N) is 2. The lowest BCUT2D eigenvalue weighted by Crippen LogP contribution is -2.34. The lowest BCUT2D eigenvalue weighted by atomic mass is 9.89. The summed E-state index contributed by atoms with van der Waals surface area (Å²) >= 11 is 0. The third-order valence-electron chi connectivity index (χ3n) is 3.09. The number of hydrogen-bond acceptors (Lipinski definition) is 4. The van der Waals surface area contributed by atoms with Crippen molar-refractivity contribution in [3.63, 3.8) is 0 Å². The van der Waals surface area contributed by atoms with Gasteiger partial charge in [-0.25, -0.2) is 4.98 Å². The molecule has 1 heterocycles. The van der Waals surface area contributed by atoms with E-state index in [0.717, 1.165) is 18.8 Å². The van der Waals surface area contributed by atoms with Gasteiger partial charge in [-0.15, -0.1) is 0 Å². The Morgan fingerprint density at radius 1 is 1.45 bits per heavy atom. The van der Waals surface area contributed by atoms with Gasteiger partial charge in [0.05, 0.1) is 0 Å². The van der Waals surface area contributed by atoms with Gasteiger partial charge in [0.1, 0.15) is 5.82 Å². The zero-order valence-corrected chi connectivity index (χ0v) is 12.8. The molecule has 1 amide bonds. The summed E-state index contributed by atoms with van der Waals surface area (Å²) in [5, 5.41) is 6.06. The van der Waals surface area contributed by atoms with E-state index in [9.17, 15) is 4.79 Å². The van der Waals surface area contributed by atoms with Crippen molar-refractivity contribution < 1.29 is 9.53 Å². The molecule has 0 aromatic carbocycles. The molecule has 0 unspecified atom stereocenters. The summed E-state index contributed by atoms with van der Waals surface area (Å²) in [5.41, 5.74) is 0.641.